The summed E-state index contributed by atoms with van der Waals surface area (Å²) in [5.74, 6) is 3.48. The lowest BCUT2D eigenvalue weighted by Crippen LogP contribution is -2.31. The van der Waals surface area contributed by atoms with Crippen LogP contribution in [0.5, 0.6) is 0 Å². The Morgan fingerprint density at radius 2 is 1.78 bits per heavy atom. The van der Waals surface area contributed by atoms with E-state index in [1.165, 1.54) is 0 Å². The first-order valence-electron chi connectivity index (χ1n) is 10.4. The van der Waals surface area contributed by atoms with Crippen molar-refractivity contribution in [2.45, 2.75) is 70.8 Å². The maximum Gasteiger partial charge on any atom is 0.129 e. The van der Waals surface area contributed by atoms with Crippen molar-refractivity contribution >= 4 is 21.7 Å². The average molecular weight is 398 g/mol. The van der Waals surface area contributed by atoms with E-state index in [-0.39, 0.29) is 0 Å². The molecule has 2 aliphatic rings. The van der Waals surface area contributed by atoms with E-state index >= 15 is 0 Å². The first-order chi connectivity index (χ1) is 12.9. The van der Waals surface area contributed by atoms with E-state index in [4.69, 9.17) is 1.37 Å². The third kappa shape index (κ3) is 4.07. The van der Waals surface area contributed by atoms with Gasteiger partial charge in [-0.1, -0.05) is 69.4 Å². The third-order valence-electron chi connectivity index (χ3n) is 5.21. The SMILES string of the molecule is [2H]c1cccc2c1C1=C(CCC2)C(O)C(O)/C1=C(/C#C[Si](C)(C)C)[Si](C)(C)C. The molecule has 0 heterocycles. The first-order valence-corrected chi connectivity index (χ1v) is 16.9. The molecule has 27 heavy (non-hydrogen) atoms. The Morgan fingerprint density at radius 3 is 2.41 bits per heavy atom. The summed E-state index contributed by atoms with van der Waals surface area (Å²) in [6.45, 7) is 13.4. The normalized spacial score (nSPS) is 25.1. The van der Waals surface area contributed by atoms with Gasteiger partial charge >= 0.3 is 0 Å². The van der Waals surface area contributed by atoms with Crippen LogP contribution in [0.1, 0.15) is 25.3 Å². The van der Waals surface area contributed by atoms with Crippen molar-refractivity contribution in [3.63, 3.8) is 0 Å². The highest BCUT2D eigenvalue weighted by atomic mass is 28.3. The van der Waals surface area contributed by atoms with Crippen molar-refractivity contribution in [3.8, 4) is 11.5 Å². The van der Waals surface area contributed by atoms with E-state index in [1.807, 2.05) is 12.1 Å². The van der Waals surface area contributed by atoms with Gasteiger partial charge in [0.1, 0.15) is 20.3 Å². The quantitative estimate of drug-likeness (QED) is 0.538. The summed E-state index contributed by atoms with van der Waals surface area (Å²) in [7, 11) is -3.49. The molecule has 144 valence electrons. The molecule has 2 N–H and O–H groups in total. The summed E-state index contributed by atoms with van der Waals surface area (Å²) in [5, 5.41) is 23.1. The van der Waals surface area contributed by atoms with Crippen LogP contribution in [0.15, 0.2) is 40.6 Å². The highest BCUT2D eigenvalue weighted by Crippen LogP contribution is 2.46. The van der Waals surface area contributed by atoms with E-state index in [2.05, 4.69) is 56.8 Å². The molecule has 0 radical (unpaired) electrons. The molecule has 0 amide bonds. The summed E-state index contributed by atoms with van der Waals surface area (Å²) in [6, 6.07) is 6.30. The van der Waals surface area contributed by atoms with Crippen LogP contribution in [-0.2, 0) is 6.42 Å². The van der Waals surface area contributed by atoms with Crippen LogP contribution >= 0.6 is 0 Å². The van der Waals surface area contributed by atoms with Gasteiger partial charge in [0.15, 0.2) is 0 Å². The predicted molar refractivity (Wildman–Crippen MR) is 120 cm³/mol. The minimum absolute atomic E-state index is 0.471. The molecule has 2 aliphatic carbocycles. The molecule has 0 spiro atoms. The molecule has 3 rings (SSSR count). The van der Waals surface area contributed by atoms with Crippen molar-refractivity contribution < 1.29 is 11.6 Å². The van der Waals surface area contributed by atoms with Gasteiger partial charge in [0.25, 0.3) is 0 Å². The maximum atomic E-state index is 11.1. The largest absolute Gasteiger partial charge is 0.386 e. The second-order valence-electron chi connectivity index (χ2n) is 9.75. The molecule has 0 bridgehead atoms. The van der Waals surface area contributed by atoms with Crippen molar-refractivity contribution in [2.24, 2.45) is 0 Å². The summed E-state index contributed by atoms with van der Waals surface area (Å²) in [4.78, 5) is 0. The van der Waals surface area contributed by atoms with Gasteiger partial charge < -0.3 is 10.2 Å². The Hall–Kier alpha value is -1.39. The van der Waals surface area contributed by atoms with E-state index in [1.54, 1.807) is 0 Å². The van der Waals surface area contributed by atoms with Gasteiger partial charge in [0, 0.05) is 0 Å². The van der Waals surface area contributed by atoms with Crippen LogP contribution in [0, 0.1) is 11.5 Å². The number of benzene rings is 1. The minimum Gasteiger partial charge on any atom is -0.386 e. The molecule has 2 nitrogen and oxygen atoms in total. The highest BCUT2D eigenvalue weighted by molar-refractivity contribution is 6.86. The lowest BCUT2D eigenvalue weighted by Gasteiger charge is -2.24. The Kier molecular flexibility index (Phi) is 5.06. The van der Waals surface area contributed by atoms with Gasteiger partial charge in [-0.15, -0.1) is 5.54 Å². The van der Waals surface area contributed by atoms with E-state index in [0.29, 0.717) is 6.04 Å². The van der Waals surface area contributed by atoms with Gasteiger partial charge in [-0.25, -0.2) is 0 Å². The van der Waals surface area contributed by atoms with Crippen LogP contribution in [-0.4, -0.2) is 38.6 Å². The number of allylic oxidation sites excluding steroid dienone is 1. The van der Waals surface area contributed by atoms with Crippen LogP contribution in [0.25, 0.3) is 5.57 Å². The molecule has 0 saturated heterocycles. The van der Waals surface area contributed by atoms with Gasteiger partial charge in [0.05, 0.1) is 9.44 Å². The predicted octanol–water partition coefficient (Wildman–Crippen LogP) is 4.57. The summed E-state index contributed by atoms with van der Waals surface area (Å²) in [5.41, 5.74) is 8.14. The van der Waals surface area contributed by atoms with Crippen molar-refractivity contribution in [1.82, 2.24) is 0 Å². The number of aliphatic hydroxyl groups excluding tert-OH is 2. The second-order valence-corrected chi connectivity index (χ2v) is 19.5. The number of rotatable bonds is 1. The fourth-order valence-corrected chi connectivity index (χ4v) is 6.09. The lowest BCUT2D eigenvalue weighted by molar-refractivity contribution is 0.0739. The zero-order chi connectivity index (χ0) is 20.9. The van der Waals surface area contributed by atoms with Gasteiger partial charge in [-0.3, -0.25) is 0 Å². The molecule has 1 aromatic rings. The van der Waals surface area contributed by atoms with E-state index < -0.39 is 28.4 Å². The fraction of sp³-hybridized carbons (Fsp3) is 0.478. The maximum absolute atomic E-state index is 11.1. The van der Waals surface area contributed by atoms with Crippen LogP contribution < -0.4 is 0 Å². The molecule has 2 unspecified atom stereocenters. The Bertz CT molecular complexity index is 921. The summed E-state index contributed by atoms with van der Waals surface area (Å²) >= 11 is 0. The topological polar surface area (TPSA) is 40.5 Å². The van der Waals surface area contributed by atoms with Gasteiger partial charge in [-0.05, 0) is 52.3 Å². The second kappa shape index (κ2) is 7.22. The van der Waals surface area contributed by atoms with Crippen LogP contribution in [0.3, 0.4) is 0 Å². The zero-order valence-electron chi connectivity index (χ0n) is 18.4. The van der Waals surface area contributed by atoms with Crippen molar-refractivity contribution in [3.05, 3.63) is 51.7 Å². The van der Waals surface area contributed by atoms with Crippen molar-refractivity contribution in [2.75, 3.05) is 0 Å². The molecule has 1 aromatic carbocycles. The summed E-state index contributed by atoms with van der Waals surface area (Å²) in [6.07, 6.45) is 0.735. The van der Waals surface area contributed by atoms with Crippen LogP contribution in [0.4, 0.5) is 0 Å². The van der Waals surface area contributed by atoms with Crippen molar-refractivity contribution in [1.29, 1.82) is 0 Å². The first kappa shape index (κ1) is 19.0. The standard InChI is InChI=1S/C23H32O2Si2/c1-26(2,3)15-14-19(27(4,5)6)21-20-17-12-8-7-10-16(17)11-9-13-18(20)22(24)23(21)25/h7-8,10,12,22-25H,9,11,13H2,1-6H3/b21-19-/i12D. The van der Waals surface area contributed by atoms with Gasteiger partial charge in [-0.2, -0.15) is 0 Å². The smallest absolute Gasteiger partial charge is 0.129 e. The molecular weight excluding hydrogens is 364 g/mol. The third-order valence-corrected chi connectivity index (χ3v) is 7.98. The number of aliphatic hydroxyl groups is 2. The number of fused-ring (bicyclic) bond motifs is 2. The Balaban J connectivity index is 2.38. The molecule has 0 aromatic heterocycles. The van der Waals surface area contributed by atoms with Crippen LogP contribution in [0.2, 0.25) is 39.3 Å². The molecule has 0 saturated carbocycles. The molecule has 0 aliphatic heterocycles. The molecule has 0 fully saturated rings. The Morgan fingerprint density at radius 1 is 1.07 bits per heavy atom. The molecule has 4 heteroatoms. The van der Waals surface area contributed by atoms with E-state index in [0.717, 1.165) is 52.3 Å². The Labute approximate surface area is 167 Å². The number of hydrogen-bond acceptors (Lipinski definition) is 2. The van der Waals surface area contributed by atoms with E-state index in [9.17, 15) is 10.2 Å². The highest BCUT2D eigenvalue weighted by Gasteiger charge is 2.41. The fourth-order valence-electron chi connectivity index (χ4n) is 3.95. The zero-order valence-corrected chi connectivity index (χ0v) is 19.4. The summed E-state index contributed by atoms with van der Waals surface area (Å²) < 4.78 is 8.58. The average Bonchev–Trinajstić information content (AvgIpc) is 2.72. The minimum atomic E-state index is -1.89. The lowest BCUT2D eigenvalue weighted by atomic mass is 9.93. The molecule has 2 atom stereocenters. The number of aryl methyl sites for hydroxylation is 1. The molecular formula is C23H32O2Si2. The number of hydrogen-bond donors (Lipinski definition) is 2. The van der Waals surface area contributed by atoms with Gasteiger partial charge in [0.2, 0.25) is 0 Å². The monoisotopic (exact) mass is 397 g/mol.